The summed E-state index contributed by atoms with van der Waals surface area (Å²) in [6, 6.07) is 0.435. The molecule has 0 spiro atoms. The van der Waals surface area contributed by atoms with Gasteiger partial charge in [0, 0.05) is 44.0 Å². The van der Waals surface area contributed by atoms with Gasteiger partial charge in [0.1, 0.15) is 0 Å². The van der Waals surface area contributed by atoms with E-state index < -0.39 is 0 Å². The van der Waals surface area contributed by atoms with Crippen LogP contribution in [-0.4, -0.2) is 36.2 Å². The van der Waals surface area contributed by atoms with Crippen LogP contribution in [0.5, 0.6) is 0 Å². The van der Waals surface area contributed by atoms with Crippen LogP contribution in [0.25, 0.3) is 4.96 Å². The van der Waals surface area contributed by atoms with Crippen molar-refractivity contribution in [1.82, 2.24) is 14.7 Å². The fraction of sp³-hybridized carbons (Fsp3) is 0.545. The normalized spacial score (nSPS) is 13.4. The lowest BCUT2D eigenvalue weighted by atomic mass is 10.1. The molecule has 88 valence electrons. The van der Waals surface area contributed by atoms with Gasteiger partial charge < -0.3 is 10.1 Å². The Morgan fingerprint density at radius 3 is 3.19 bits per heavy atom. The summed E-state index contributed by atoms with van der Waals surface area (Å²) in [5.41, 5.74) is 1.14. The fourth-order valence-electron chi connectivity index (χ4n) is 1.74. The summed E-state index contributed by atoms with van der Waals surface area (Å²) in [7, 11) is 3.72. The van der Waals surface area contributed by atoms with Gasteiger partial charge in [0.2, 0.25) is 0 Å². The Hall–Kier alpha value is -0.910. The number of hydrogen-bond acceptors (Lipinski definition) is 4. The zero-order valence-corrected chi connectivity index (χ0v) is 10.5. The number of rotatable bonds is 6. The van der Waals surface area contributed by atoms with E-state index in [0.29, 0.717) is 6.04 Å². The number of nitrogens with one attached hydrogen (secondary N) is 1. The molecule has 5 heteroatoms. The Balaban J connectivity index is 1.99. The molecule has 2 aromatic heterocycles. The van der Waals surface area contributed by atoms with Gasteiger partial charge in [-0.3, -0.25) is 4.40 Å². The molecule has 2 rings (SSSR count). The molecular weight excluding hydrogens is 222 g/mol. The van der Waals surface area contributed by atoms with E-state index in [-0.39, 0.29) is 0 Å². The number of ether oxygens (including phenoxy) is 1. The lowest BCUT2D eigenvalue weighted by molar-refractivity contribution is 0.183. The van der Waals surface area contributed by atoms with Gasteiger partial charge in [-0.2, -0.15) is 0 Å². The van der Waals surface area contributed by atoms with Crippen LogP contribution >= 0.6 is 11.3 Å². The molecular formula is C11H17N3OS. The minimum absolute atomic E-state index is 0.435. The van der Waals surface area contributed by atoms with Crippen molar-refractivity contribution >= 4 is 16.3 Å². The Morgan fingerprint density at radius 2 is 2.50 bits per heavy atom. The first-order valence-corrected chi connectivity index (χ1v) is 6.28. The molecule has 0 fully saturated rings. The molecule has 0 aliphatic rings. The van der Waals surface area contributed by atoms with Crippen molar-refractivity contribution in [2.75, 3.05) is 20.8 Å². The number of hydrogen-bond donors (Lipinski definition) is 1. The van der Waals surface area contributed by atoms with E-state index in [1.165, 1.54) is 0 Å². The van der Waals surface area contributed by atoms with E-state index in [2.05, 4.69) is 20.9 Å². The fourth-order valence-corrected chi connectivity index (χ4v) is 2.45. The van der Waals surface area contributed by atoms with Crippen LogP contribution in [0, 0.1) is 0 Å². The number of aromatic nitrogens is 2. The van der Waals surface area contributed by atoms with E-state index in [9.17, 15) is 0 Å². The highest BCUT2D eigenvalue weighted by molar-refractivity contribution is 7.15. The summed E-state index contributed by atoms with van der Waals surface area (Å²) in [6.45, 7) is 0.785. The second kappa shape index (κ2) is 5.43. The first-order valence-electron chi connectivity index (χ1n) is 5.40. The zero-order valence-electron chi connectivity index (χ0n) is 9.64. The van der Waals surface area contributed by atoms with Crippen LogP contribution in [0.3, 0.4) is 0 Å². The summed E-state index contributed by atoms with van der Waals surface area (Å²) in [5, 5.41) is 5.34. The van der Waals surface area contributed by atoms with Crippen LogP contribution in [-0.2, 0) is 11.2 Å². The minimum atomic E-state index is 0.435. The first-order chi connectivity index (χ1) is 7.83. The van der Waals surface area contributed by atoms with E-state index in [1.807, 2.05) is 18.6 Å². The van der Waals surface area contributed by atoms with Gasteiger partial charge >= 0.3 is 0 Å². The lowest BCUT2D eigenvalue weighted by Crippen LogP contribution is -2.29. The van der Waals surface area contributed by atoms with Crippen molar-refractivity contribution in [2.45, 2.75) is 18.9 Å². The van der Waals surface area contributed by atoms with Crippen molar-refractivity contribution in [1.29, 1.82) is 0 Å². The summed E-state index contributed by atoms with van der Waals surface area (Å²) < 4.78 is 7.16. The van der Waals surface area contributed by atoms with Crippen molar-refractivity contribution in [3.63, 3.8) is 0 Å². The van der Waals surface area contributed by atoms with Crippen molar-refractivity contribution in [2.24, 2.45) is 0 Å². The molecule has 1 N–H and O–H groups in total. The summed E-state index contributed by atoms with van der Waals surface area (Å²) in [6.07, 6.45) is 6.11. The van der Waals surface area contributed by atoms with Gasteiger partial charge in [-0.1, -0.05) is 0 Å². The van der Waals surface area contributed by atoms with E-state index in [0.717, 1.165) is 30.1 Å². The van der Waals surface area contributed by atoms with E-state index >= 15 is 0 Å². The number of fused-ring (bicyclic) bond motifs is 1. The summed E-state index contributed by atoms with van der Waals surface area (Å²) in [5.74, 6) is 0. The smallest absolute Gasteiger partial charge is 0.193 e. The molecule has 2 heterocycles. The third-order valence-electron chi connectivity index (χ3n) is 2.68. The second-order valence-corrected chi connectivity index (χ2v) is 4.67. The van der Waals surface area contributed by atoms with Crippen LogP contribution < -0.4 is 5.32 Å². The third kappa shape index (κ3) is 2.61. The van der Waals surface area contributed by atoms with Crippen LogP contribution in [0.1, 0.15) is 12.1 Å². The quantitative estimate of drug-likeness (QED) is 0.831. The maximum Gasteiger partial charge on any atom is 0.193 e. The van der Waals surface area contributed by atoms with Crippen molar-refractivity contribution in [3.05, 3.63) is 23.5 Å². The maximum absolute atomic E-state index is 5.09. The zero-order chi connectivity index (χ0) is 11.4. The molecule has 0 aliphatic heterocycles. The summed E-state index contributed by atoms with van der Waals surface area (Å²) >= 11 is 1.67. The number of thiazole rings is 1. The lowest BCUT2D eigenvalue weighted by Gasteiger charge is -2.13. The molecule has 2 aromatic rings. The summed E-state index contributed by atoms with van der Waals surface area (Å²) in [4.78, 5) is 5.64. The standard InChI is InChI=1S/C11H17N3OS/c1-12-9(3-5-15-2)7-10-8-14-4-6-16-11(14)13-10/h4,6,8-9,12H,3,5,7H2,1-2H3. The predicted octanol–water partition coefficient (Wildman–Crippen LogP) is 1.56. The van der Waals surface area contributed by atoms with Crippen LogP contribution in [0.2, 0.25) is 0 Å². The number of nitrogens with zero attached hydrogens (tertiary/aromatic N) is 2. The van der Waals surface area contributed by atoms with Crippen molar-refractivity contribution < 1.29 is 4.74 Å². The first kappa shape index (κ1) is 11.6. The monoisotopic (exact) mass is 239 g/mol. The van der Waals surface area contributed by atoms with E-state index in [1.54, 1.807) is 18.4 Å². The third-order valence-corrected chi connectivity index (χ3v) is 3.45. The molecule has 16 heavy (non-hydrogen) atoms. The van der Waals surface area contributed by atoms with Gasteiger partial charge in [-0.25, -0.2) is 4.98 Å². The predicted molar refractivity (Wildman–Crippen MR) is 66.1 cm³/mol. The average Bonchev–Trinajstić information content (AvgIpc) is 2.84. The largest absolute Gasteiger partial charge is 0.385 e. The minimum Gasteiger partial charge on any atom is -0.385 e. The van der Waals surface area contributed by atoms with Crippen LogP contribution in [0.15, 0.2) is 17.8 Å². The molecule has 1 atom stereocenters. The molecule has 0 saturated heterocycles. The molecule has 0 saturated carbocycles. The van der Waals surface area contributed by atoms with Gasteiger partial charge in [0.25, 0.3) is 0 Å². The number of methoxy groups -OCH3 is 1. The highest BCUT2D eigenvalue weighted by atomic mass is 32.1. The van der Waals surface area contributed by atoms with E-state index in [4.69, 9.17) is 4.74 Å². The molecule has 4 nitrogen and oxygen atoms in total. The molecule has 0 amide bonds. The Morgan fingerprint density at radius 1 is 1.62 bits per heavy atom. The van der Waals surface area contributed by atoms with Gasteiger partial charge in [-0.15, -0.1) is 11.3 Å². The van der Waals surface area contributed by atoms with Crippen LogP contribution in [0.4, 0.5) is 0 Å². The van der Waals surface area contributed by atoms with Gasteiger partial charge in [-0.05, 0) is 13.5 Å². The highest BCUT2D eigenvalue weighted by Crippen LogP contribution is 2.13. The second-order valence-electron chi connectivity index (χ2n) is 3.80. The molecule has 1 unspecified atom stereocenters. The Labute approximate surface area is 99.3 Å². The van der Waals surface area contributed by atoms with Crippen molar-refractivity contribution in [3.8, 4) is 0 Å². The molecule has 0 bridgehead atoms. The molecule has 0 aliphatic carbocycles. The number of likely N-dealkylation sites (N-methyl/N-ethyl adjacent to an activating group) is 1. The van der Waals surface area contributed by atoms with Gasteiger partial charge in [0.05, 0.1) is 5.69 Å². The SMILES string of the molecule is CNC(CCOC)Cc1cn2ccsc2n1. The molecule has 0 radical (unpaired) electrons. The Kier molecular flexibility index (Phi) is 3.93. The average molecular weight is 239 g/mol. The number of imidazole rings is 1. The Bertz CT molecular complexity index is 409. The molecule has 0 aromatic carbocycles. The topological polar surface area (TPSA) is 38.6 Å². The maximum atomic E-state index is 5.09. The van der Waals surface area contributed by atoms with Gasteiger partial charge in [0.15, 0.2) is 4.96 Å². The highest BCUT2D eigenvalue weighted by Gasteiger charge is 2.10.